The second-order valence-corrected chi connectivity index (χ2v) is 7.43. The van der Waals surface area contributed by atoms with Crippen LogP contribution in [-0.4, -0.2) is 71.4 Å². The van der Waals surface area contributed by atoms with Crippen LogP contribution in [0.4, 0.5) is 25.1 Å². The molecule has 30 heavy (non-hydrogen) atoms. The van der Waals surface area contributed by atoms with Gasteiger partial charge in [0, 0.05) is 46.8 Å². The van der Waals surface area contributed by atoms with Gasteiger partial charge in [0.15, 0.2) is 5.82 Å². The molecule has 1 fully saturated rings. The summed E-state index contributed by atoms with van der Waals surface area (Å²) >= 11 is 0. The lowest BCUT2D eigenvalue weighted by atomic mass is 10.1. The zero-order valence-corrected chi connectivity index (χ0v) is 17.2. The number of hydrogen-bond donors (Lipinski definition) is 1. The van der Waals surface area contributed by atoms with Crippen molar-refractivity contribution in [3.05, 3.63) is 35.7 Å². The van der Waals surface area contributed by atoms with Gasteiger partial charge in [0.25, 0.3) is 0 Å². The molecule has 1 atom stereocenters. The smallest absolute Gasteiger partial charge is 0.406 e. The lowest BCUT2D eigenvalue weighted by Gasteiger charge is -2.37. The Morgan fingerprint density at radius 2 is 1.70 bits per heavy atom. The minimum atomic E-state index is -4.68. The summed E-state index contributed by atoms with van der Waals surface area (Å²) in [4.78, 5) is 19.3. The summed E-state index contributed by atoms with van der Waals surface area (Å²) in [6, 6.07) is 6.00. The fourth-order valence-electron chi connectivity index (χ4n) is 3.31. The van der Waals surface area contributed by atoms with Gasteiger partial charge in [-0.05, 0) is 24.6 Å². The molecular weight excluding hydrogens is 399 g/mol. The van der Waals surface area contributed by atoms with Crippen LogP contribution in [0.3, 0.4) is 0 Å². The van der Waals surface area contributed by atoms with E-state index in [0.717, 1.165) is 31.7 Å². The van der Waals surface area contributed by atoms with Crippen LogP contribution in [0.2, 0.25) is 0 Å². The van der Waals surface area contributed by atoms with Crippen molar-refractivity contribution in [1.29, 1.82) is 0 Å². The lowest BCUT2D eigenvalue weighted by molar-refractivity contribution is -0.274. The molecule has 1 saturated heterocycles. The number of anilines is 2. The monoisotopic (exact) mass is 425 g/mol. The van der Waals surface area contributed by atoms with Crippen molar-refractivity contribution in [1.82, 2.24) is 24.8 Å². The summed E-state index contributed by atoms with van der Waals surface area (Å²) in [7, 11) is 3.70. The molecule has 1 aliphatic heterocycles. The number of piperazine rings is 1. The van der Waals surface area contributed by atoms with Gasteiger partial charge in [0.1, 0.15) is 5.75 Å². The van der Waals surface area contributed by atoms with E-state index in [0.29, 0.717) is 18.3 Å². The molecule has 0 amide bonds. The van der Waals surface area contributed by atoms with Crippen LogP contribution < -0.4 is 15.4 Å². The summed E-state index contributed by atoms with van der Waals surface area (Å²) in [6.45, 7) is 6.00. The molecule has 2 heterocycles. The number of hydrogen-bond acceptors (Lipinski definition) is 8. The van der Waals surface area contributed by atoms with Crippen LogP contribution >= 0.6 is 0 Å². The third kappa shape index (κ3) is 5.92. The molecule has 0 unspecified atom stereocenters. The molecule has 3 rings (SSSR count). The van der Waals surface area contributed by atoms with Crippen LogP contribution in [0.25, 0.3) is 0 Å². The van der Waals surface area contributed by atoms with Crippen molar-refractivity contribution >= 4 is 11.9 Å². The Kier molecular flexibility index (Phi) is 6.61. The Morgan fingerprint density at radius 3 is 2.27 bits per heavy atom. The minimum Gasteiger partial charge on any atom is -0.406 e. The highest BCUT2D eigenvalue weighted by molar-refractivity contribution is 5.33. The second-order valence-electron chi connectivity index (χ2n) is 7.43. The molecule has 0 radical (unpaired) electrons. The topological polar surface area (TPSA) is 83.6 Å². The number of ether oxygens (including phenoxy) is 1. The van der Waals surface area contributed by atoms with Crippen molar-refractivity contribution in [2.45, 2.75) is 25.9 Å². The van der Waals surface area contributed by atoms with E-state index >= 15 is 0 Å². The summed E-state index contributed by atoms with van der Waals surface area (Å²) in [6.07, 6.45) is -4.68. The largest absolute Gasteiger partial charge is 0.573 e. The van der Waals surface area contributed by atoms with Crippen LogP contribution in [0, 0.1) is 0 Å². The van der Waals surface area contributed by atoms with Crippen LogP contribution in [0.1, 0.15) is 24.4 Å². The van der Waals surface area contributed by atoms with Gasteiger partial charge >= 0.3 is 6.36 Å². The number of benzene rings is 1. The molecule has 0 saturated carbocycles. The molecule has 2 aromatic rings. The van der Waals surface area contributed by atoms with E-state index in [1.54, 1.807) is 17.0 Å². The molecule has 164 valence electrons. The maximum absolute atomic E-state index is 12.3. The Labute approximate surface area is 173 Å². The van der Waals surface area contributed by atoms with Crippen molar-refractivity contribution in [2.24, 2.45) is 0 Å². The Balaban J connectivity index is 1.55. The summed E-state index contributed by atoms with van der Waals surface area (Å²) in [5.74, 6) is 1.16. The maximum atomic E-state index is 12.3. The first kappa shape index (κ1) is 22.0. The van der Waals surface area contributed by atoms with E-state index in [1.807, 2.05) is 21.0 Å². The SMILES string of the molecule is C[C@H](c1nc(N)nc(N(C)C)n1)N1CCN(Cc2ccc(OC(F)(F)F)cc2)CC1. The summed E-state index contributed by atoms with van der Waals surface area (Å²) in [5, 5.41) is 0. The van der Waals surface area contributed by atoms with Crippen LogP contribution in [0.15, 0.2) is 24.3 Å². The molecule has 8 nitrogen and oxygen atoms in total. The van der Waals surface area contributed by atoms with E-state index in [9.17, 15) is 13.2 Å². The lowest BCUT2D eigenvalue weighted by Crippen LogP contribution is -2.47. The van der Waals surface area contributed by atoms with E-state index < -0.39 is 6.36 Å². The average Bonchev–Trinajstić information content (AvgIpc) is 2.68. The Bertz CT molecular complexity index is 837. The Morgan fingerprint density at radius 1 is 1.07 bits per heavy atom. The van der Waals surface area contributed by atoms with Crippen molar-refractivity contribution in [3.8, 4) is 5.75 Å². The number of rotatable bonds is 6. The first-order valence-corrected chi connectivity index (χ1v) is 9.60. The molecule has 11 heteroatoms. The predicted molar refractivity (Wildman–Crippen MR) is 107 cm³/mol. The highest BCUT2D eigenvalue weighted by Gasteiger charge is 2.31. The molecule has 0 bridgehead atoms. The number of nitrogens with zero attached hydrogens (tertiary/aromatic N) is 6. The molecule has 0 spiro atoms. The third-order valence-corrected chi connectivity index (χ3v) is 4.95. The number of nitrogens with two attached hydrogens (primary N) is 1. The van der Waals surface area contributed by atoms with Gasteiger partial charge < -0.3 is 15.4 Å². The minimum absolute atomic E-state index is 0.00468. The summed E-state index contributed by atoms with van der Waals surface area (Å²) < 4.78 is 40.7. The molecular formula is C19H26F3N7O. The number of halogens is 3. The van der Waals surface area contributed by atoms with Gasteiger partial charge in [0.05, 0.1) is 6.04 Å². The molecule has 1 aliphatic rings. The van der Waals surface area contributed by atoms with E-state index in [1.165, 1.54) is 12.1 Å². The summed E-state index contributed by atoms with van der Waals surface area (Å²) in [5.41, 5.74) is 6.77. The first-order chi connectivity index (χ1) is 14.1. The van der Waals surface area contributed by atoms with Gasteiger partial charge in [-0.25, -0.2) is 0 Å². The normalized spacial score (nSPS) is 17.0. The fourth-order valence-corrected chi connectivity index (χ4v) is 3.31. The van der Waals surface area contributed by atoms with E-state index in [4.69, 9.17) is 5.73 Å². The zero-order chi connectivity index (χ0) is 21.9. The second kappa shape index (κ2) is 9.00. The highest BCUT2D eigenvalue weighted by atomic mass is 19.4. The molecule has 2 N–H and O–H groups in total. The van der Waals surface area contributed by atoms with Gasteiger partial charge in [-0.3, -0.25) is 9.80 Å². The number of nitrogen functional groups attached to an aromatic ring is 1. The molecule has 0 aliphatic carbocycles. The average molecular weight is 425 g/mol. The van der Waals surface area contributed by atoms with Gasteiger partial charge in [-0.2, -0.15) is 15.0 Å². The first-order valence-electron chi connectivity index (χ1n) is 9.60. The van der Waals surface area contributed by atoms with Crippen molar-refractivity contribution < 1.29 is 17.9 Å². The van der Waals surface area contributed by atoms with Crippen molar-refractivity contribution in [3.63, 3.8) is 0 Å². The Hall–Kier alpha value is -2.66. The van der Waals surface area contributed by atoms with Gasteiger partial charge in [-0.15, -0.1) is 13.2 Å². The number of aromatic nitrogens is 3. The standard InChI is InChI=1S/C19H26F3N7O/c1-13(16-24-17(23)26-18(25-16)27(2)3)29-10-8-28(9-11-29)12-14-4-6-15(7-5-14)30-19(20,21)22/h4-7,13H,8-12H2,1-3H3,(H2,23,24,25,26)/t13-/m1/s1. The quantitative estimate of drug-likeness (QED) is 0.755. The van der Waals surface area contributed by atoms with Crippen LogP contribution in [-0.2, 0) is 6.54 Å². The fraction of sp³-hybridized carbons (Fsp3) is 0.526. The zero-order valence-electron chi connectivity index (χ0n) is 17.2. The van der Waals surface area contributed by atoms with E-state index in [2.05, 4.69) is 29.5 Å². The van der Waals surface area contributed by atoms with Gasteiger partial charge in [0.2, 0.25) is 11.9 Å². The number of alkyl halides is 3. The van der Waals surface area contributed by atoms with Crippen molar-refractivity contribution in [2.75, 3.05) is 50.9 Å². The van der Waals surface area contributed by atoms with E-state index in [-0.39, 0.29) is 17.7 Å². The molecule has 1 aromatic heterocycles. The highest BCUT2D eigenvalue weighted by Crippen LogP contribution is 2.24. The predicted octanol–water partition coefficient (Wildman–Crippen LogP) is 2.30. The molecule has 1 aromatic carbocycles. The maximum Gasteiger partial charge on any atom is 0.573 e. The third-order valence-electron chi connectivity index (χ3n) is 4.95. The van der Waals surface area contributed by atoms with Gasteiger partial charge in [-0.1, -0.05) is 12.1 Å². The van der Waals surface area contributed by atoms with Crippen LogP contribution in [0.5, 0.6) is 5.75 Å².